The van der Waals surface area contributed by atoms with Crippen molar-refractivity contribution >= 4 is 23.3 Å². The number of halogens is 3. The zero-order chi connectivity index (χ0) is 15.8. The van der Waals surface area contributed by atoms with E-state index in [1.807, 2.05) is 23.6 Å². The second-order valence-corrected chi connectivity index (χ2v) is 6.64. The fourth-order valence-corrected chi connectivity index (χ4v) is 3.58. The Morgan fingerprint density at radius 3 is 2.62 bits per heavy atom. The zero-order valence-corrected chi connectivity index (χ0v) is 12.7. The van der Waals surface area contributed by atoms with Crippen LogP contribution in [0.3, 0.4) is 0 Å². The number of nitrogens with zero attached hydrogens (tertiary/aromatic N) is 1. The lowest BCUT2D eigenvalue weighted by Gasteiger charge is -2.39. The van der Waals surface area contributed by atoms with Gasteiger partial charge >= 0.3 is 6.18 Å². The molecule has 116 valence electrons. The summed E-state index contributed by atoms with van der Waals surface area (Å²) in [6.45, 7) is 4.81. The molecule has 1 saturated heterocycles. The van der Waals surface area contributed by atoms with E-state index >= 15 is 0 Å². The van der Waals surface area contributed by atoms with E-state index in [9.17, 15) is 13.2 Å². The Morgan fingerprint density at radius 1 is 1.38 bits per heavy atom. The van der Waals surface area contributed by atoms with Crippen LogP contribution < -0.4 is 10.6 Å². The SMILES string of the molecule is CC1SCCN(c2ccc(C(=N)N)c(C(F)(F)F)c2)C1C. The van der Waals surface area contributed by atoms with Crippen molar-refractivity contribution in [3.8, 4) is 0 Å². The van der Waals surface area contributed by atoms with E-state index in [0.717, 1.165) is 11.8 Å². The van der Waals surface area contributed by atoms with Gasteiger partial charge in [0.25, 0.3) is 0 Å². The normalized spacial score (nSPS) is 23.2. The van der Waals surface area contributed by atoms with Gasteiger partial charge in [-0.2, -0.15) is 24.9 Å². The van der Waals surface area contributed by atoms with Crippen molar-refractivity contribution in [3.63, 3.8) is 0 Å². The first-order valence-corrected chi connectivity index (χ1v) is 7.70. The third-order valence-electron chi connectivity index (χ3n) is 3.81. The van der Waals surface area contributed by atoms with E-state index in [2.05, 4.69) is 6.92 Å². The summed E-state index contributed by atoms with van der Waals surface area (Å²) in [5.41, 5.74) is 4.68. The number of benzene rings is 1. The van der Waals surface area contributed by atoms with Gasteiger partial charge in [0, 0.05) is 34.8 Å². The molecule has 1 aliphatic heterocycles. The number of nitrogens with one attached hydrogen (secondary N) is 1. The molecular formula is C14H18F3N3S. The Morgan fingerprint density at radius 2 is 2.05 bits per heavy atom. The van der Waals surface area contributed by atoms with Gasteiger partial charge in [0.05, 0.1) is 5.56 Å². The summed E-state index contributed by atoms with van der Waals surface area (Å²) in [5, 5.41) is 7.67. The monoisotopic (exact) mass is 317 g/mol. The number of anilines is 1. The number of nitrogens with two attached hydrogens (primary N) is 1. The minimum Gasteiger partial charge on any atom is -0.384 e. The maximum atomic E-state index is 13.2. The van der Waals surface area contributed by atoms with E-state index in [4.69, 9.17) is 11.1 Å². The van der Waals surface area contributed by atoms with Gasteiger partial charge in [-0.1, -0.05) is 6.92 Å². The number of hydrogen-bond donors (Lipinski definition) is 2. The highest BCUT2D eigenvalue weighted by Gasteiger charge is 2.35. The van der Waals surface area contributed by atoms with Crippen molar-refractivity contribution < 1.29 is 13.2 Å². The highest BCUT2D eigenvalue weighted by atomic mass is 32.2. The van der Waals surface area contributed by atoms with Crippen LogP contribution in [0.15, 0.2) is 18.2 Å². The smallest absolute Gasteiger partial charge is 0.384 e. The summed E-state index contributed by atoms with van der Waals surface area (Å²) in [4.78, 5) is 1.99. The molecule has 1 aromatic rings. The molecule has 0 amide bonds. The van der Waals surface area contributed by atoms with Gasteiger partial charge in [0.2, 0.25) is 0 Å². The van der Waals surface area contributed by atoms with E-state index < -0.39 is 17.6 Å². The molecule has 21 heavy (non-hydrogen) atoms. The van der Waals surface area contributed by atoms with Crippen LogP contribution in [0.1, 0.15) is 25.0 Å². The first-order valence-electron chi connectivity index (χ1n) is 6.65. The molecule has 0 aliphatic carbocycles. The van der Waals surface area contributed by atoms with Crippen LogP contribution >= 0.6 is 11.8 Å². The van der Waals surface area contributed by atoms with Gasteiger partial charge < -0.3 is 10.6 Å². The summed E-state index contributed by atoms with van der Waals surface area (Å²) < 4.78 is 39.5. The van der Waals surface area contributed by atoms with Crippen molar-refractivity contribution in [2.45, 2.75) is 31.3 Å². The van der Waals surface area contributed by atoms with Crippen molar-refractivity contribution in [2.75, 3.05) is 17.2 Å². The number of nitrogen functional groups attached to an aromatic ring is 1. The van der Waals surface area contributed by atoms with Crippen LogP contribution in [-0.4, -0.2) is 29.4 Å². The largest absolute Gasteiger partial charge is 0.417 e. The summed E-state index contributed by atoms with van der Waals surface area (Å²) in [6.07, 6.45) is -4.52. The topological polar surface area (TPSA) is 53.1 Å². The van der Waals surface area contributed by atoms with Gasteiger partial charge in [-0.3, -0.25) is 5.41 Å². The Labute approximate surface area is 126 Å². The Hall–Kier alpha value is -1.37. The Bertz CT molecular complexity index is 545. The number of rotatable bonds is 2. The fourth-order valence-electron chi connectivity index (χ4n) is 2.48. The summed E-state index contributed by atoms with van der Waals surface area (Å²) >= 11 is 1.82. The molecule has 3 N–H and O–H groups in total. The van der Waals surface area contributed by atoms with Gasteiger partial charge in [0.15, 0.2) is 0 Å². The second kappa shape index (κ2) is 5.79. The highest BCUT2D eigenvalue weighted by Crippen LogP contribution is 2.36. The molecule has 1 aliphatic rings. The molecule has 3 nitrogen and oxygen atoms in total. The number of alkyl halides is 3. The predicted octanol–water partition coefficient (Wildman–Crippen LogP) is 3.32. The van der Waals surface area contributed by atoms with Crippen LogP contribution in [0, 0.1) is 5.41 Å². The second-order valence-electron chi connectivity index (χ2n) is 5.15. The first kappa shape index (κ1) is 16.0. The Kier molecular flexibility index (Phi) is 4.41. The average Bonchev–Trinajstić information content (AvgIpc) is 2.40. The summed E-state index contributed by atoms with van der Waals surface area (Å²) in [7, 11) is 0. The molecule has 0 aromatic heterocycles. The van der Waals surface area contributed by atoms with E-state index in [1.54, 1.807) is 6.07 Å². The van der Waals surface area contributed by atoms with Crippen molar-refractivity contribution in [3.05, 3.63) is 29.3 Å². The van der Waals surface area contributed by atoms with Crippen molar-refractivity contribution in [1.29, 1.82) is 5.41 Å². The lowest BCUT2D eigenvalue weighted by molar-refractivity contribution is -0.137. The summed E-state index contributed by atoms with van der Waals surface area (Å²) in [6, 6.07) is 4.17. The molecule has 1 heterocycles. The van der Waals surface area contributed by atoms with Crippen LogP contribution in [0.4, 0.5) is 18.9 Å². The quantitative estimate of drug-likeness (QED) is 0.650. The lowest BCUT2D eigenvalue weighted by atomic mass is 10.0. The van der Waals surface area contributed by atoms with Gasteiger partial charge in [-0.15, -0.1) is 0 Å². The van der Waals surface area contributed by atoms with Crippen LogP contribution in [0.5, 0.6) is 0 Å². The van der Waals surface area contributed by atoms with E-state index in [0.29, 0.717) is 17.5 Å². The third-order valence-corrected chi connectivity index (χ3v) is 5.15. The minimum absolute atomic E-state index is 0.160. The highest BCUT2D eigenvalue weighted by molar-refractivity contribution is 8.00. The van der Waals surface area contributed by atoms with Gasteiger partial charge in [-0.05, 0) is 25.1 Å². The van der Waals surface area contributed by atoms with Gasteiger partial charge in [0.1, 0.15) is 5.84 Å². The molecule has 0 radical (unpaired) electrons. The molecule has 0 bridgehead atoms. The van der Waals surface area contributed by atoms with Gasteiger partial charge in [-0.25, -0.2) is 0 Å². The van der Waals surface area contributed by atoms with E-state index in [-0.39, 0.29) is 11.6 Å². The molecule has 2 atom stereocenters. The molecule has 2 rings (SSSR count). The number of thioether (sulfide) groups is 1. The minimum atomic E-state index is -4.52. The van der Waals surface area contributed by atoms with Crippen LogP contribution in [-0.2, 0) is 6.18 Å². The van der Waals surface area contributed by atoms with Crippen LogP contribution in [0.2, 0.25) is 0 Å². The van der Waals surface area contributed by atoms with Crippen molar-refractivity contribution in [2.24, 2.45) is 5.73 Å². The molecular weight excluding hydrogens is 299 g/mol. The molecule has 1 fully saturated rings. The fraction of sp³-hybridized carbons (Fsp3) is 0.500. The average molecular weight is 317 g/mol. The first-order chi connectivity index (χ1) is 9.71. The third kappa shape index (κ3) is 3.28. The maximum Gasteiger partial charge on any atom is 0.417 e. The predicted molar refractivity (Wildman–Crippen MR) is 81.2 cm³/mol. The van der Waals surface area contributed by atoms with Crippen molar-refractivity contribution in [1.82, 2.24) is 0 Å². The Balaban J connectivity index is 2.44. The maximum absolute atomic E-state index is 13.2. The van der Waals surface area contributed by atoms with Crippen LogP contribution in [0.25, 0.3) is 0 Å². The lowest BCUT2D eigenvalue weighted by Crippen LogP contribution is -2.44. The zero-order valence-electron chi connectivity index (χ0n) is 11.9. The molecule has 1 aromatic carbocycles. The summed E-state index contributed by atoms with van der Waals surface area (Å²) in [5.74, 6) is 0.325. The standard InChI is InChI=1S/C14H18F3N3S/c1-8-9(2)21-6-5-20(8)10-3-4-11(13(18)19)12(7-10)14(15,16)17/h3-4,7-9H,5-6H2,1-2H3,(H3,18,19). The molecule has 7 heteroatoms. The number of hydrogen-bond acceptors (Lipinski definition) is 3. The molecule has 2 unspecified atom stereocenters. The molecule has 0 spiro atoms. The molecule has 0 saturated carbocycles. The van der Waals surface area contributed by atoms with E-state index in [1.165, 1.54) is 6.07 Å². The number of amidine groups is 1.